The van der Waals surface area contributed by atoms with Crippen molar-refractivity contribution in [1.82, 2.24) is 4.90 Å². The highest BCUT2D eigenvalue weighted by atomic mass is 16.6. The number of nitro benzene ring substituents is 1. The van der Waals surface area contributed by atoms with Gasteiger partial charge in [0.25, 0.3) is 11.6 Å². The molecule has 1 aliphatic rings. The number of hydrogen-bond donors (Lipinski definition) is 0. The molecule has 1 aliphatic heterocycles. The maximum Gasteiger partial charge on any atom is 0.274 e. The van der Waals surface area contributed by atoms with Gasteiger partial charge in [-0.25, -0.2) is 0 Å². The Kier molecular flexibility index (Phi) is 3.97. The first kappa shape index (κ1) is 16.0. The molecule has 0 aliphatic carbocycles. The first-order chi connectivity index (χ1) is 12.7. The zero-order valence-electron chi connectivity index (χ0n) is 13.9. The van der Waals surface area contributed by atoms with Gasteiger partial charge in [0.05, 0.1) is 17.5 Å². The normalized spacial score (nSPS) is 15.8. The number of fused-ring (bicyclic) bond motifs is 1. The second kappa shape index (κ2) is 6.44. The predicted octanol–water partition coefficient (Wildman–Crippen LogP) is 4.34. The van der Waals surface area contributed by atoms with Gasteiger partial charge in [0.1, 0.15) is 0 Å². The third kappa shape index (κ3) is 2.63. The number of hydrogen-bond acceptors (Lipinski definition) is 3. The van der Waals surface area contributed by atoms with Gasteiger partial charge in [0, 0.05) is 17.2 Å². The van der Waals surface area contributed by atoms with Crippen LogP contribution in [0.3, 0.4) is 0 Å². The molecule has 5 heteroatoms. The molecule has 4 rings (SSSR count). The molecule has 3 aromatic rings. The molecule has 0 fully saturated rings. The van der Waals surface area contributed by atoms with Gasteiger partial charge in [-0.1, -0.05) is 66.7 Å². The number of para-hydroxylation sites is 1. The highest BCUT2D eigenvalue weighted by Crippen LogP contribution is 2.39. The average Bonchev–Trinajstić information content (AvgIpc) is 2.95. The van der Waals surface area contributed by atoms with Crippen LogP contribution >= 0.6 is 0 Å². The molecule has 26 heavy (non-hydrogen) atoms. The maximum absolute atomic E-state index is 13.0. The van der Waals surface area contributed by atoms with E-state index in [2.05, 4.69) is 0 Å². The lowest BCUT2D eigenvalue weighted by atomic mass is 9.98. The smallest absolute Gasteiger partial charge is 0.274 e. The van der Waals surface area contributed by atoms with Crippen LogP contribution in [-0.4, -0.2) is 15.7 Å². The van der Waals surface area contributed by atoms with Gasteiger partial charge in [0.15, 0.2) is 0 Å². The Morgan fingerprint density at radius 1 is 0.885 bits per heavy atom. The monoisotopic (exact) mass is 344 g/mol. The lowest BCUT2D eigenvalue weighted by molar-refractivity contribution is -0.385. The van der Waals surface area contributed by atoms with Crippen LogP contribution in [0.2, 0.25) is 0 Å². The van der Waals surface area contributed by atoms with Gasteiger partial charge in [-0.05, 0) is 17.2 Å². The van der Waals surface area contributed by atoms with Crippen molar-refractivity contribution in [1.29, 1.82) is 0 Å². The topological polar surface area (TPSA) is 63.5 Å². The fourth-order valence-corrected chi connectivity index (χ4v) is 3.53. The average molecular weight is 344 g/mol. The fourth-order valence-electron chi connectivity index (χ4n) is 3.53. The molecule has 0 spiro atoms. The van der Waals surface area contributed by atoms with E-state index in [9.17, 15) is 14.9 Å². The quantitative estimate of drug-likeness (QED) is 0.522. The number of amides is 1. The van der Waals surface area contributed by atoms with Gasteiger partial charge < -0.3 is 4.90 Å². The Labute approximate surface area is 150 Å². The van der Waals surface area contributed by atoms with Gasteiger partial charge in [0.2, 0.25) is 0 Å². The summed E-state index contributed by atoms with van der Waals surface area (Å²) in [5.74, 6) is -0.104. The zero-order valence-corrected chi connectivity index (χ0v) is 13.9. The third-order valence-electron chi connectivity index (χ3n) is 4.70. The van der Waals surface area contributed by atoms with Gasteiger partial charge in [-0.3, -0.25) is 14.9 Å². The van der Waals surface area contributed by atoms with Gasteiger partial charge in [-0.2, -0.15) is 0 Å². The number of nitrogens with zero attached hydrogens (tertiary/aromatic N) is 2. The summed E-state index contributed by atoms with van der Waals surface area (Å²) >= 11 is 0. The molecule has 0 bridgehead atoms. The van der Waals surface area contributed by atoms with Crippen LogP contribution in [0, 0.1) is 10.1 Å². The van der Waals surface area contributed by atoms with E-state index in [1.807, 2.05) is 54.6 Å². The van der Waals surface area contributed by atoms with E-state index < -0.39 is 4.92 Å². The number of carbonyl (C=O) groups excluding carboxylic acids is 1. The Morgan fingerprint density at radius 2 is 1.54 bits per heavy atom. The maximum atomic E-state index is 13.0. The largest absolute Gasteiger partial charge is 0.323 e. The Morgan fingerprint density at radius 3 is 2.31 bits per heavy atom. The third-order valence-corrected chi connectivity index (χ3v) is 4.70. The van der Waals surface area contributed by atoms with Gasteiger partial charge in [-0.15, -0.1) is 0 Å². The van der Waals surface area contributed by atoms with Crippen LogP contribution in [0.1, 0.15) is 33.1 Å². The fraction of sp³-hybridized carbons (Fsp3) is 0.0952. The number of carbonyl (C=O) groups is 1. The van der Waals surface area contributed by atoms with E-state index in [0.29, 0.717) is 11.1 Å². The Balaban J connectivity index is 1.80. The van der Waals surface area contributed by atoms with E-state index >= 15 is 0 Å². The molecule has 128 valence electrons. The summed E-state index contributed by atoms with van der Waals surface area (Å²) in [6, 6.07) is 23.6. The lowest BCUT2D eigenvalue weighted by Gasteiger charge is -2.26. The Hall–Kier alpha value is -3.47. The van der Waals surface area contributed by atoms with Crippen molar-refractivity contribution in [2.24, 2.45) is 0 Å². The minimum absolute atomic E-state index is 0.0306. The molecule has 0 saturated carbocycles. The van der Waals surface area contributed by atoms with Crippen molar-refractivity contribution in [3.63, 3.8) is 0 Å². The second-order valence-corrected chi connectivity index (χ2v) is 6.22. The van der Waals surface area contributed by atoms with Crippen LogP contribution < -0.4 is 0 Å². The molecular weight excluding hydrogens is 328 g/mol. The van der Waals surface area contributed by atoms with Crippen molar-refractivity contribution >= 4 is 11.6 Å². The minimum atomic E-state index is -0.402. The first-order valence-electron chi connectivity index (χ1n) is 8.34. The van der Waals surface area contributed by atoms with Crippen LogP contribution in [0.5, 0.6) is 0 Å². The highest BCUT2D eigenvalue weighted by molar-refractivity contribution is 5.99. The summed E-state index contributed by atoms with van der Waals surface area (Å²) in [5, 5.41) is 11.3. The molecule has 1 heterocycles. The highest BCUT2D eigenvalue weighted by Gasteiger charge is 2.38. The van der Waals surface area contributed by atoms with Crippen LogP contribution in [0.15, 0.2) is 78.9 Å². The Bertz CT molecular complexity index is 985. The lowest BCUT2D eigenvalue weighted by Crippen LogP contribution is -2.28. The van der Waals surface area contributed by atoms with Crippen molar-refractivity contribution in [2.75, 3.05) is 0 Å². The molecule has 0 radical (unpaired) electrons. The summed E-state index contributed by atoms with van der Waals surface area (Å²) in [7, 11) is 0. The summed E-state index contributed by atoms with van der Waals surface area (Å²) in [6.45, 7) is 0.185. The second-order valence-electron chi connectivity index (χ2n) is 6.22. The molecule has 0 unspecified atom stereocenters. The zero-order chi connectivity index (χ0) is 18.1. The van der Waals surface area contributed by atoms with E-state index in [1.54, 1.807) is 23.1 Å². The molecule has 1 amide bonds. The van der Waals surface area contributed by atoms with Crippen molar-refractivity contribution in [3.8, 4) is 0 Å². The van der Waals surface area contributed by atoms with E-state index in [4.69, 9.17) is 0 Å². The standard InChI is InChI=1S/C21H16N2O3/c24-21-18-12-6-5-11-17(18)20(15-8-2-1-3-9-15)22(21)14-16-10-4-7-13-19(16)23(25)26/h1-13,20H,14H2/t20-/m0/s1. The van der Waals surface area contributed by atoms with Gasteiger partial charge >= 0.3 is 0 Å². The molecule has 5 nitrogen and oxygen atoms in total. The van der Waals surface area contributed by atoms with Crippen LogP contribution in [-0.2, 0) is 6.54 Å². The summed E-state index contributed by atoms with van der Waals surface area (Å²) in [6.07, 6.45) is 0. The van der Waals surface area contributed by atoms with E-state index in [1.165, 1.54) is 6.07 Å². The van der Waals surface area contributed by atoms with Crippen LogP contribution in [0.25, 0.3) is 0 Å². The van der Waals surface area contributed by atoms with Crippen molar-refractivity contribution in [3.05, 3.63) is 111 Å². The first-order valence-corrected chi connectivity index (χ1v) is 8.34. The minimum Gasteiger partial charge on any atom is -0.323 e. The molecule has 3 aromatic carbocycles. The molecule has 0 N–H and O–H groups in total. The molecular formula is C21H16N2O3. The van der Waals surface area contributed by atoms with Crippen molar-refractivity contribution < 1.29 is 9.72 Å². The summed E-state index contributed by atoms with van der Waals surface area (Å²) in [5.41, 5.74) is 3.13. The SMILES string of the molecule is O=C1c2ccccc2[C@H](c2ccccc2)N1Cc1ccccc1[N+](=O)[O-]. The van der Waals surface area contributed by atoms with Crippen molar-refractivity contribution in [2.45, 2.75) is 12.6 Å². The molecule has 1 atom stereocenters. The number of rotatable bonds is 4. The summed E-state index contributed by atoms with van der Waals surface area (Å²) in [4.78, 5) is 25.7. The van der Waals surface area contributed by atoms with Crippen LogP contribution in [0.4, 0.5) is 5.69 Å². The van der Waals surface area contributed by atoms with E-state index in [0.717, 1.165) is 11.1 Å². The molecule has 0 aromatic heterocycles. The summed E-state index contributed by atoms with van der Waals surface area (Å²) < 4.78 is 0. The molecule has 0 saturated heterocycles. The predicted molar refractivity (Wildman–Crippen MR) is 97.7 cm³/mol. The number of benzene rings is 3. The van der Waals surface area contributed by atoms with E-state index in [-0.39, 0.29) is 24.2 Å². The number of nitro groups is 1.